The zero-order chi connectivity index (χ0) is 22.5. The lowest BCUT2D eigenvalue weighted by Gasteiger charge is -2.14. The van der Waals surface area contributed by atoms with Crippen molar-refractivity contribution in [3.8, 4) is 17.2 Å². The number of rotatable bonds is 8. The zero-order valence-corrected chi connectivity index (χ0v) is 17.9. The van der Waals surface area contributed by atoms with E-state index in [-0.39, 0.29) is 17.9 Å². The van der Waals surface area contributed by atoms with Crippen LogP contribution in [-0.4, -0.2) is 23.2 Å². The smallest absolute Gasteiger partial charge is 0.339 e. The van der Waals surface area contributed by atoms with Crippen molar-refractivity contribution < 1.29 is 24.1 Å². The number of para-hydroxylation sites is 1. The summed E-state index contributed by atoms with van der Waals surface area (Å²) in [6.45, 7) is 2.25. The van der Waals surface area contributed by atoms with Crippen molar-refractivity contribution in [2.45, 2.75) is 20.1 Å². The molecule has 162 valence electrons. The van der Waals surface area contributed by atoms with Gasteiger partial charge in [-0.25, -0.2) is 9.78 Å². The monoisotopic (exact) mass is 429 g/mol. The van der Waals surface area contributed by atoms with Crippen LogP contribution in [0.4, 0.5) is 0 Å². The first-order valence-electron chi connectivity index (χ1n) is 10.1. The number of hydrogen-bond acceptors (Lipinski definition) is 5. The molecule has 4 rings (SSSR count). The minimum absolute atomic E-state index is 0.126. The quantitative estimate of drug-likeness (QED) is 0.404. The summed E-state index contributed by atoms with van der Waals surface area (Å²) in [4.78, 5) is 16.3. The van der Waals surface area contributed by atoms with Crippen LogP contribution in [0, 0.1) is 6.92 Å². The van der Waals surface area contributed by atoms with E-state index in [0.717, 1.165) is 22.2 Å². The van der Waals surface area contributed by atoms with Crippen LogP contribution in [0.25, 0.3) is 10.9 Å². The van der Waals surface area contributed by atoms with Crippen molar-refractivity contribution in [1.29, 1.82) is 0 Å². The summed E-state index contributed by atoms with van der Waals surface area (Å²) in [5.41, 5.74) is 3.32. The minimum atomic E-state index is -1.04. The molecule has 0 saturated carbocycles. The van der Waals surface area contributed by atoms with Crippen LogP contribution in [0.2, 0.25) is 0 Å². The van der Waals surface area contributed by atoms with Crippen molar-refractivity contribution in [1.82, 2.24) is 4.98 Å². The lowest BCUT2D eigenvalue weighted by atomic mass is 10.1. The lowest BCUT2D eigenvalue weighted by Crippen LogP contribution is -2.06. The van der Waals surface area contributed by atoms with Crippen LogP contribution in [0.15, 0.2) is 72.8 Å². The Morgan fingerprint density at radius 1 is 0.906 bits per heavy atom. The van der Waals surface area contributed by atoms with Gasteiger partial charge in [0.05, 0.1) is 18.3 Å². The standard InChI is InChI=1S/C26H23NO5/c1-17-12-22(30-2)14-24(25(17)26(28)29)32-15-18-6-5-8-21(13-18)31-16-20-11-10-19-7-3-4-9-23(19)27-20/h3-14H,15-16H2,1-2H3,(H,28,29). The highest BCUT2D eigenvalue weighted by Gasteiger charge is 2.17. The van der Waals surface area contributed by atoms with Crippen LogP contribution < -0.4 is 14.2 Å². The van der Waals surface area contributed by atoms with Crippen molar-refractivity contribution in [2.24, 2.45) is 0 Å². The molecule has 1 aromatic heterocycles. The number of methoxy groups -OCH3 is 1. The van der Waals surface area contributed by atoms with Gasteiger partial charge in [-0.1, -0.05) is 36.4 Å². The SMILES string of the molecule is COc1cc(C)c(C(=O)O)c(OCc2cccc(OCc3ccc4ccccc4n3)c2)c1. The predicted molar refractivity (Wildman–Crippen MR) is 122 cm³/mol. The van der Waals surface area contributed by atoms with Crippen molar-refractivity contribution >= 4 is 16.9 Å². The van der Waals surface area contributed by atoms with E-state index < -0.39 is 5.97 Å². The van der Waals surface area contributed by atoms with Crippen molar-refractivity contribution in [2.75, 3.05) is 7.11 Å². The molecule has 6 heteroatoms. The third-order valence-corrected chi connectivity index (χ3v) is 5.06. The van der Waals surface area contributed by atoms with Gasteiger partial charge in [0.2, 0.25) is 0 Å². The molecule has 6 nitrogen and oxygen atoms in total. The first-order valence-corrected chi connectivity index (χ1v) is 10.1. The van der Waals surface area contributed by atoms with Gasteiger partial charge in [-0.05, 0) is 48.4 Å². The number of aromatic carboxylic acids is 1. The second-order valence-corrected chi connectivity index (χ2v) is 7.34. The topological polar surface area (TPSA) is 77.9 Å². The molecule has 0 aliphatic rings. The van der Waals surface area contributed by atoms with Crippen LogP contribution in [0.3, 0.4) is 0 Å². The number of pyridine rings is 1. The van der Waals surface area contributed by atoms with Gasteiger partial charge in [0.1, 0.15) is 36.0 Å². The molecule has 32 heavy (non-hydrogen) atoms. The van der Waals surface area contributed by atoms with Crippen LogP contribution >= 0.6 is 0 Å². The Labute approximate surface area is 186 Å². The van der Waals surface area contributed by atoms with Crippen LogP contribution in [0.1, 0.15) is 27.2 Å². The molecular weight excluding hydrogens is 406 g/mol. The first-order chi connectivity index (χ1) is 15.5. The van der Waals surface area contributed by atoms with E-state index in [2.05, 4.69) is 4.98 Å². The summed E-state index contributed by atoms with van der Waals surface area (Å²) in [7, 11) is 1.53. The Bertz CT molecular complexity index is 1270. The van der Waals surface area contributed by atoms with E-state index in [4.69, 9.17) is 14.2 Å². The Hall–Kier alpha value is -4.06. The summed E-state index contributed by atoms with van der Waals surface area (Å²) >= 11 is 0. The Kier molecular flexibility index (Phi) is 6.22. The Morgan fingerprint density at radius 3 is 2.56 bits per heavy atom. The first kappa shape index (κ1) is 21.2. The van der Waals surface area contributed by atoms with Gasteiger partial charge < -0.3 is 19.3 Å². The van der Waals surface area contributed by atoms with E-state index in [1.807, 2.05) is 60.7 Å². The van der Waals surface area contributed by atoms with Crippen LogP contribution in [-0.2, 0) is 13.2 Å². The highest BCUT2D eigenvalue weighted by molar-refractivity contribution is 5.93. The van der Waals surface area contributed by atoms with Gasteiger partial charge in [0, 0.05) is 11.5 Å². The third-order valence-electron chi connectivity index (χ3n) is 5.06. The second kappa shape index (κ2) is 9.39. The molecule has 0 radical (unpaired) electrons. The maximum absolute atomic E-state index is 11.7. The summed E-state index contributed by atoms with van der Waals surface area (Å²) < 4.78 is 17.0. The molecule has 0 spiro atoms. The number of carboxylic acid groups (broad SMARTS) is 1. The molecule has 0 unspecified atom stereocenters. The molecule has 0 fully saturated rings. The van der Waals surface area contributed by atoms with Gasteiger partial charge >= 0.3 is 5.97 Å². The summed E-state index contributed by atoms with van der Waals surface area (Å²) in [5.74, 6) is 0.449. The average Bonchev–Trinajstić information content (AvgIpc) is 2.81. The molecule has 0 bridgehead atoms. The second-order valence-electron chi connectivity index (χ2n) is 7.34. The molecular formula is C26H23NO5. The Balaban J connectivity index is 1.45. The lowest BCUT2D eigenvalue weighted by molar-refractivity contribution is 0.0691. The molecule has 0 aliphatic heterocycles. The molecule has 1 heterocycles. The molecule has 4 aromatic rings. The van der Waals surface area contributed by atoms with E-state index in [1.54, 1.807) is 19.1 Å². The summed E-state index contributed by atoms with van der Waals surface area (Å²) in [6, 6.07) is 22.7. The molecule has 1 N–H and O–H groups in total. The number of ether oxygens (including phenoxy) is 3. The van der Waals surface area contributed by atoms with Gasteiger partial charge in [-0.3, -0.25) is 0 Å². The van der Waals surface area contributed by atoms with Gasteiger partial charge in [-0.15, -0.1) is 0 Å². The summed E-state index contributed by atoms with van der Waals surface area (Å²) in [5, 5.41) is 10.6. The van der Waals surface area contributed by atoms with Crippen LogP contribution in [0.5, 0.6) is 17.2 Å². The highest BCUT2D eigenvalue weighted by Crippen LogP contribution is 2.29. The Morgan fingerprint density at radius 2 is 1.75 bits per heavy atom. The number of benzene rings is 3. The van der Waals surface area contributed by atoms with Gasteiger partial charge in [0.15, 0.2) is 0 Å². The number of fused-ring (bicyclic) bond motifs is 1. The van der Waals surface area contributed by atoms with E-state index in [9.17, 15) is 9.90 Å². The maximum Gasteiger partial charge on any atom is 0.339 e. The fraction of sp³-hybridized carbons (Fsp3) is 0.154. The molecule has 0 saturated heterocycles. The zero-order valence-electron chi connectivity index (χ0n) is 17.9. The number of aromatic nitrogens is 1. The van der Waals surface area contributed by atoms with E-state index in [0.29, 0.717) is 23.7 Å². The average molecular weight is 429 g/mol. The number of carboxylic acids is 1. The number of hydrogen-bond donors (Lipinski definition) is 1. The number of carbonyl (C=O) groups is 1. The largest absolute Gasteiger partial charge is 0.497 e. The maximum atomic E-state index is 11.7. The minimum Gasteiger partial charge on any atom is -0.497 e. The molecule has 3 aromatic carbocycles. The van der Waals surface area contributed by atoms with E-state index in [1.165, 1.54) is 7.11 Å². The fourth-order valence-corrected chi connectivity index (χ4v) is 3.46. The summed E-state index contributed by atoms with van der Waals surface area (Å²) in [6.07, 6.45) is 0. The number of nitrogens with zero attached hydrogens (tertiary/aromatic N) is 1. The van der Waals surface area contributed by atoms with Crippen molar-refractivity contribution in [3.63, 3.8) is 0 Å². The predicted octanol–water partition coefficient (Wildman–Crippen LogP) is 5.41. The van der Waals surface area contributed by atoms with Gasteiger partial charge in [-0.2, -0.15) is 0 Å². The number of aryl methyl sites for hydroxylation is 1. The molecule has 0 amide bonds. The normalized spacial score (nSPS) is 10.7. The highest BCUT2D eigenvalue weighted by atomic mass is 16.5. The van der Waals surface area contributed by atoms with E-state index >= 15 is 0 Å². The van der Waals surface area contributed by atoms with Crippen molar-refractivity contribution in [3.05, 3.63) is 95.2 Å². The van der Waals surface area contributed by atoms with Gasteiger partial charge in [0.25, 0.3) is 0 Å². The third kappa shape index (κ3) is 4.81. The molecule has 0 aliphatic carbocycles. The fourth-order valence-electron chi connectivity index (χ4n) is 3.46. The molecule has 0 atom stereocenters.